The number of aliphatic hydroxyl groups excluding tert-OH is 1. The van der Waals surface area contributed by atoms with Crippen molar-refractivity contribution in [3.63, 3.8) is 0 Å². The molecule has 3 heterocycles. The maximum atomic E-state index is 13.1. The van der Waals surface area contributed by atoms with Gasteiger partial charge < -0.3 is 34.2 Å². The van der Waals surface area contributed by atoms with Crippen LogP contribution in [0.3, 0.4) is 0 Å². The molecular formula is C28H31F3N2O7. The molecule has 2 saturated heterocycles. The molecule has 3 aliphatic rings. The summed E-state index contributed by atoms with van der Waals surface area (Å²) < 4.78 is 54.0. The van der Waals surface area contributed by atoms with Crippen molar-refractivity contribution in [3.05, 3.63) is 53.6 Å². The molecule has 5 rings (SSSR count). The van der Waals surface area contributed by atoms with Crippen LogP contribution in [-0.2, 0) is 16.0 Å². The number of nitrogens with zero attached hydrogens (tertiary/aromatic N) is 2. The van der Waals surface area contributed by atoms with E-state index in [9.17, 15) is 33.0 Å². The predicted octanol–water partition coefficient (Wildman–Crippen LogP) is 2.92. The molecule has 0 saturated carbocycles. The Labute approximate surface area is 229 Å². The first-order chi connectivity index (χ1) is 19.0. The van der Waals surface area contributed by atoms with Crippen LogP contribution in [0.15, 0.2) is 42.5 Å². The Bertz CT molecular complexity index is 1220. The molecular weight excluding hydrogens is 533 g/mol. The fourth-order valence-corrected chi connectivity index (χ4v) is 5.53. The van der Waals surface area contributed by atoms with Crippen LogP contribution in [0.5, 0.6) is 17.2 Å². The average Bonchev–Trinajstić information content (AvgIpc) is 3.52. The lowest BCUT2D eigenvalue weighted by Crippen LogP contribution is -2.49. The normalized spacial score (nSPS) is 21.1. The summed E-state index contributed by atoms with van der Waals surface area (Å²) in [5.74, 6) is -2.02. The van der Waals surface area contributed by atoms with Gasteiger partial charge in [0, 0.05) is 57.9 Å². The number of likely N-dealkylation sites (tertiary alicyclic amines) is 2. The Morgan fingerprint density at radius 2 is 1.88 bits per heavy atom. The number of piperidine rings is 1. The van der Waals surface area contributed by atoms with Crippen molar-refractivity contribution in [2.24, 2.45) is 0 Å². The second-order valence-corrected chi connectivity index (χ2v) is 10.6. The maximum absolute atomic E-state index is 13.1. The van der Waals surface area contributed by atoms with Gasteiger partial charge >= 0.3 is 12.1 Å². The van der Waals surface area contributed by atoms with Crippen LogP contribution >= 0.6 is 0 Å². The molecule has 216 valence electrons. The third kappa shape index (κ3) is 6.28. The highest BCUT2D eigenvalue weighted by Gasteiger charge is 2.44. The molecule has 3 aliphatic heterocycles. The SMILES string of the molecule is O=C(c1ccc(O)cc1OC[C@H](O)CN1CCC2(CC1)Cc1ccccc1O2)N1CC[C@H](OC(=O)C(F)(F)F)C1. The molecule has 2 N–H and O–H groups in total. The van der Waals surface area contributed by atoms with Gasteiger partial charge in [0.1, 0.15) is 41.7 Å². The first-order valence-electron chi connectivity index (χ1n) is 13.2. The lowest BCUT2D eigenvalue weighted by Gasteiger charge is -2.39. The summed E-state index contributed by atoms with van der Waals surface area (Å²) in [7, 11) is 0. The van der Waals surface area contributed by atoms with Gasteiger partial charge in [-0.3, -0.25) is 4.79 Å². The number of phenolic OH excluding ortho intramolecular Hbond substituents is 1. The monoisotopic (exact) mass is 564 g/mol. The molecule has 1 amide bonds. The number of rotatable bonds is 7. The number of aromatic hydroxyl groups is 1. The van der Waals surface area contributed by atoms with E-state index in [-0.39, 0.29) is 48.8 Å². The number of ether oxygens (including phenoxy) is 3. The number of fused-ring (bicyclic) bond motifs is 1. The molecule has 40 heavy (non-hydrogen) atoms. The lowest BCUT2D eigenvalue weighted by atomic mass is 9.87. The highest BCUT2D eigenvalue weighted by molar-refractivity contribution is 5.97. The second-order valence-electron chi connectivity index (χ2n) is 10.6. The number of β-amino-alcohol motifs (C(OH)–C–C–N with tert-alkyl or cyclic N) is 1. The molecule has 0 aliphatic carbocycles. The van der Waals surface area contributed by atoms with Gasteiger partial charge in [-0.15, -0.1) is 0 Å². The summed E-state index contributed by atoms with van der Waals surface area (Å²) in [5.41, 5.74) is 1.08. The minimum atomic E-state index is -5.11. The summed E-state index contributed by atoms with van der Waals surface area (Å²) >= 11 is 0. The molecule has 0 aromatic heterocycles. The number of amides is 1. The van der Waals surface area contributed by atoms with Gasteiger partial charge in [0.15, 0.2) is 0 Å². The number of carbonyl (C=O) groups is 2. The standard InChI is InChI=1S/C28H31F3N2O7/c29-28(30,31)26(37)39-21-7-10-33(16-21)25(36)22-6-5-19(34)13-24(22)38-17-20(35)15-32-11-8-27(9-12-32)14-18-3-1-2-4-23(18)40-27/h1-6,13,20-21,34-35H,7-12,14-17H2/t20-,21+/m1/s1. The molecule has 2 atom stereocenters. The number of aliphatic hydroxyl groups is 1. The Morgan fingerprint density at radius 1 is 1.12 bits per heavy atom. The third-order valence-corrected chi connectivity index (χ3v) is 7.61. The summed E-state index contributed by atoms with van der Waals surface area (Å²) in [5, 5.41) is 20.6. The fourth-order valence-electron chi connectivity index (χ4n) is 5.53. The molecule has 2 aromatic rings. The van der Waals surface area contributed by atoms with Crippen LogP contribution in [0.25, 0.3) is 0 Å². The fraction of sp³-hybridized carbons (Fsp3) is 0.500. The summed E-state index contributed by atoms with van der Waals surface area (Å²) in [6, 6.07) is 11.9. The van der Waals surface area contributed by atoms with Gasteiger partial charge in [-0.25, -0.2) is 4.79 Å². The highest BCUT2D eigenvalue weighted by Crippen LogP contribution is 2.40. The van der Waals surface area contributed by atoms with Gasteiger partial charge in [-0.05, 0) is 23.8 Å². The van der Waals surface area contributed by atoms with Crippen LogP contribution in [0, 0.1) is 0 Å². The zero-order valence-corrected chi connectivity index (χ0v) is 21.7. The van der Waals surface area contributed by atoms with Crippen molar-refractivity contribution < 1.29 is 47.2 Å². The van der Waals surface area contributed by atoms with Crippen molar-refractivity contribution in [2.45, 2.75) is 49.7 Å². The predicted molar refractivity (Wildman–Crippen MR) is 135 cm³/mol. The number of alkyl halides is 3. The number of halogens is 3. The largest absolute Gasteiger partial charge is 0.508 e. The van der Waals surface area contributed by atoms with Gasteiger partial charge in [0.2, 0.25) is 0 Å². The van der Waals surface area contributed by atoms with Crippen molar-refractivity contribution in [1.29, 1.82) is 0 Å². The van der Waals surface area contributed by atoms with Crippen molar-refractivity contribution >= 4 is 11.9 Å². The number of hydrogen-bond acceptors (Lipinski definition) is 8. The maximum Gasteiger partial charge on any atom is 0.490 e. The van der Waals surface area contributed by atoms with Crippen molar-refractivity contribution in [1.82, 2.24) is 9.80 Å². The molecule has 12 heteroatoms. The minimum absolute atomic E-state index is 0.0366. The second kappa shape index (κ2) is 11.2. The number of carbonyl (C=O) groups excluding carboxylic acids is 2. The van der Waals surface area contributed by atoms with E-state index in [1.807, 2.05) is 18.2 Å². The Morgan fingerprint density at radius 3 is 2.60 bits per heavy atom. The topological polar surface area (TPSA) is 109 Å². The zero-order valence-electron chi connectivity index (χ0n) is 21.7. The minimum Gasteiger partial charge on any atom is -0.508 e. The van der Waals surface area contributed by atoms with Crippen LogP contribution in [0.1, 0.15) is 35.2 Å². The van der Waals surface area contributed by atoms with E-state index in [1.54, 1.807) is 0 Å². The molecule has 2 fully saturated rings. The van der Waals surface area contributed by atoms with Crippen LogP contribution in [0.4, 0.5) is 13.2 Å². The van der Waals surface area contributed by atoms with E-state index in [0.717, 1.165) is 38.1 Å². The van der Waals surface area contributed by atoms with E-state index in [2.05, 4.69) is 15.7 Å². The van der Waals surface area contributed by atoms with E-state index in [4.69, 9.17) is 9.47 Å². The quantitative estimate of drug-likeness (QED) is 0.495. The molecule has 0 radical (unpaired) electrons. The summed E-state index contributed by atoms with van der Waals surface area (Å²) in [6.07, 6.45) is -4.46. The number of para-hydroxylation sites is 1. The van der Waals surface area contributed by atoms with E-state index < -0.39 is 30.3 Å². The van der Waals surface area contributed by atoms with Crippen molar-refractivity contribution in [2.75, 3.05) is 39.3 Å². The first kappa shape index (κ1) is 28.0. The number of esters is 1. The number of hydrogen-bond donors (Lipinski definition) is 2. The Balaban J connectivity index is 1.12. The van der Waals surface area contributed by atoms with Gasteiger partial charge in [0.25, 0.3) is 5.91 Å². The molecule has 2 aromatic carbocycles. The zero-order chi connectivity index (χ0) is 28.5. The highest BCUT2D eigenvalue weighted by atomic mass is 19.4. The third-order valence-electron chi connectivity index (χ3n) is 7.61. The summed E-state index contributed by atoms with van der Waals surface area (Å²) in [6.45, 7) is 1.59. The molecule has 0 unspecified atom stereocenters. The number of benzene rings is 2. The van der Waals surface area contributed by atoms with Gasteiger partial charge in [0.05, 0.1) is 12.1 Å². The lowest BCUT2D eigenvalue weighted by molar-refractivity contribution is -0.204. The smallest absolute Gasteiger partial charge is 0.490 e. The van der Waals surface area contributed by atoms with Gasteiger partial charge in [-0.1, -0.05) is 18.2 Å². The van der Waals surface area contributed by atoms with Crippen LogP contribution in [-0.4, -0.2) is 95.2 Å². The van der Waals surface area contributed by atoms with Crippen molar-refractivity contribution in [3.8, 4) is 17.2 Å². The van der Waals surface area contributed by atoms with E-state index in [0.29, 0.717) is 6.54 Å². The van der Waals surface area contributed by atoms with E-state index in [1.165, 1.54) is 28.7 Å². The molecule has 0 bridgehead atoms. The van der Waals surface area contributed by atoms with Crippen LogP contribution in [0.2, 0.25) is 0 Å². The first-order valence-corrected chi connectivity index (χ1v) is 13.2. The van der Waals surface area contributed by atoms with Gasteiger partial charge in [-0.2, -0.15) is 13.2 Å². The average molecular weight is 565 g/mol. The Kier molecular flexibility index (Phi) is 7.83. The molecule has 9 nitrogen and oxygen atoms in total. The summed E-state index contributed by atoms with van der Waals surface area (Å²) in [4.78, 5) is 27.6. The Hall–Kier alpha value is -3.51. The molecule has 1 spiro atoms. The number of phenols is 1. The van der Waals surface area contributed by atoms with Crippen LogP contribution < -0.4 is 9.47 Å². The van der Waals surface area contributed by atoms with E-state index >= 15 is 0 Å².